The minimum atomic E-state index is -0.717. The lowest BCUT2D eigenvalue weighted by molar-refractivity contribution is 0.0721. The van der Waals surface area contributed by atoms with Crippen molar-refractivity contribution in [2.75, 3.05) is 27.0 Å². The highest BCUT2D eigenvalue weighted by Crippen LogP contribution is 2.23. The third-order valence-corrected chi connectivity index (χ3v) is 3.79. The van der Waals surface area contributed by atoms with Crippen LogP contribution in [-0.4, -0.2) is 50.0 Å². The van der Waals surface area contributed by atoms with Gasteiger partial charge in [-0.05, 0) is 11.1 Å². The van der Waals surface area contributed by atoms with Crippen molar-refractivity contribution in [3.05, 3.63) is 35.4 Å². The van der Waals surface area contributed by atoms with Crippen LogP contribution in [0.2, 0.25) is 0 Å². The number of nitrogens with two attached hydrogens (primary N) is 1. The Balaban J connectivity index is 2.13. The van der Waals surface area contributed by atoms with Crippen LogP contribution in [0.15, 0.2) is 24.3 Å². The van der Waals surface area contributed by atoms with Gasteiger partial charge in [0, 0.05) is 12.8 Å². The third kappa shape index (κ3) is 3.47. The van der Waals surface area contributed by atoms with Crippen molar-refractivity contribution in [2.24, 2.45) is 11.7 Å². The second kappa shape index (κ2) is 7.09. The van der Waals surface area contributed by atoms with E-state index < -0.39 is 24.9 Å². The number of methoxy groups -OCH3 is 1. The van der Waals surface area contributed by atoms with Gasteiger partial charge in [0.15, 0.2) is 0 Å². The van der Waals surface area contributed by atoms with Crippen LogP contribution in [0.5, 0.6) is 0 Å². The maximum absolute atomic E-state index is 12.7. The van der Waals surface area contributed by atoms with Crippen molar-refractivity contribution in [3.63, 3.8) is 0 Å². The van der Waals surface area contributed by atoms with Gasteiger partial charge in [0.1, 0.15) is 6.67 Å². The van der Waals surface area contributed by atoms with Crippen LogP contribution in [0.3, 0.4) is 0 Å². The number of hydrogen-bond acceptors (Lipinski definition) is 5. The number of rotatable bonds is 6. The van der Waals surface area contributed by atoms with Crippen molar-refractivity contribution in [1.82, 2.24) is 0 Å². The number of halogens is 1. The lowest BCUT2D eigenvalue weighted by Crippen LogP contribution is -2.31. The molecule has 116 valence electrons. The summed E-state index contributed by atoms with van der Waals surface area (Å²) in [6, 6.07) is 6.36. The third-order valence-electron chi connectivity index (χ3n) is 3.79. The topological polar surface area (TPSA) is 88.6 Å². The van der Waals surface area contributed by atoms with Gasteiger partial charge in [-0.3, -0.25) is 0 Å². The zero-order chi connectivity index (χ0) is 15.4. The van der Waals surface area contributed by atoms with Crippen molar-refractivity contribution in [1.29, 1.82) is 5.41 Å². The van der Waals surface area contributed by atoms with Crippen molar-refractivity contribution in [2.45, 2.75) is 18.2 Å². The highest BCUT2D eigenvalue weighted by molar-refractivity contribution is 6.00. The van der Waals surface area contributed by atoms with Gasteiger partial charge in [-0.1, -0.05) is 24.3 Å². The average molecular weight is 296 g/mol. The highest BCUT2D eigenvalue weighted by Gasteiger charge is 2.30. The first-order valence-electron chi connectivity index (χ1n) is 6.87. The summed E-state index contributed by atoms with van der Waals surface area (Å²) in [5, 5.41) is 17.9. The lowest BCUT2D eigenvalue weighted by atomic mass is 9.92. The summed E-state index contributed by atoms with van der Waals surface area (Å²) in [6.45, 7) is -0.0426. The molecule has 1 saturated heterocycles. The van der Waals surface area contributed by atoms with E-state index in [0.29, 0.717) is 17.9 Å². The maximum atomic E-state index is 12.7. The standard InChI is InChI=1S/C15H21FN2O3/c1-20-15(12(17)6-16)10-4-2-9(3-5-10)14(18)11-7-21-8-13(11)19/h2-5,11-13,15,18-19H,6-8,17H2,1H3/t11?,12-,13?,15-/m1/s1. The Kier molecular flexibility index (Phi) is 5.41. The fourth-order valence-electron chi connectivity index (χ4n) is 2.52. The van der Waals surface area contributed by atoms with E-state index in [-0.39, 0.29) is 12.5 Å². The second-order valence-electron chi connectivity index (χ2n) is 5.22. The predicted molar refractivity (Wildman–Crippen MR) is 77.3 cm³/mol. The quantitative estimate of drug-likeness (QED) is 0.685. The molecule has 5 nitrogen and oxygen atoms in total. The number of ether oxygens (including phenoxy) is 2. The summed E-state index contributed by atoms with van der Waals surface area (Å²) in [4.78, 5) is 0. The van der Waals surface area contributed by atoms with Gasteiger partial charge in [0.25, 0.3) is 0 Å². The largest absolute Gasteiger partial charge is 0.390 e. The smallest absolute Gasteiger partial charge is 0.107 e. The van der Waals surface area contributed by atoms with Crippen LogP contribution >= 0.6 is 0 Å². The molecule has 4 atom stereocenters. The monoisotopic (exact) mass is 296 g/mol. The molecule has 6 heteroatoms. The highest BCUT2D eigenvalue weighted by atomic mass is 19.1. The molecule has 0 radical (unpaired) electrons. The Bertz CT molecular complexity index is 480. The fraction of sp³-hybridized carbons (Fsp3) is 0.533. The van der Waals surface area contributed by atoms with Crippen LogP contribution in [0.4, 0.5) is 4.39 Å². The molecule has 1 fully saturated rings. The van der Waals surface area contributed by atoms with Crippen LogP contribution < -0.4 is 5.73 Å². The van der Waals surface area contributed by atoms with E-state index in [4.69, 9.17) is 20.6 Å². The van der Waals surface area contributed by atoms with Crippen LogP contribution in [0.1, 0.15) is 17.2 Å². The molecular formula is C15H21FN2O3. The van der Waals surface area contributed by atoms with Gasteiger partial charge >= 0.3 is 0 Å². The van der Waals surface area contributed by atoms with Gasteiger partial charge in [-0.2, -0.15) is 0 Å². The van der Waals surface area contributed by atoms with E-state index in [2.05, 4.69) is 0 Å². The van der Waals surface area contributed by atoms with E-state index in [9.17, 15) is 9.50 Å². The molecule has 0 aromatic heterocycles. The normalized spacial score (nSPS) is 24.8. The van der Waals surface area contributed by atoms with Gasteiger partial charge in [-0.15, -0.1) is 0 Å². The van der Waals surface area contributed by atoms with Gasteiger partial charge in [0.2, 0.25) is 0 Å². The number of alkyl halides is 1. The van der Waals surface area contributed by atoms with Crippen molar-refractivity contribution < 1.29 is 19.0 Å². The molecule has 1 aliphatic heterocycles. The van der Waals surface area contributed by atoms with E-state index in [0.717, 1.165) is 5.56 Å². The molecule has 2 unspecified atom stereocenters. The zero-order valence-corrected chi connectivity index (χ0v) is 12.0. The molecular weight excluding hydrogens is 275 g/mol. The molecule has 0 aliphatic carbocycles. The van der Waals surface area contributed by atoms with Crippen LogP contribution in [0.25, 0.3) is 0 Å². The SMILES string of the molecule is CO[C@H](c1ccc(C(=N)C2COCC2O)cc1)[C@H](N)CF. The van der Waals surface area contributed by atoms with E-state index in [1.165, 1.54) is 7.11 Å². The summed E-state index contributed by atoms with van der Waals surface area (Å²) in [5.41, 5.74) is 7.50. The summed E-state index contributed by atoms with van der Waals surface area (Å²) < 4.78 is 23.1. The van der Waals surface area contributed by atoms with Crippen LogP contribution in [-0.2, 0) is 9.47 Å². The first-order chi connectivity index (χ1) is 10.1. The molecule has 0 bridgehead atoms. The fourth-order valence-corrected chi connectivity index (χ4v) is 2.52. The zero-order valence-electron chi connectivity index (χ0n) is 12.0. The first kappa shape index (κ1) is 16.0. The van der Waals surface area contributed by atoms with Gasteiger partial charge in [-0.25, -0.2) is 4.39 Å². The van der Waals surface area contributed by atoms with Crippen LogP contribution in [0, 0.1) is 11.3 Å². The number of aliphatic hydroxyl groups is 1. The molecule has 1 aromatic carbocycles. The average Bonchev–Trinajstić information content (AvgIpc) is 2.94. The predicted octanol–water partition coefficient (Wildman–Crippen LogP) is 1.05. The van der Waals surface area contributed by atoms with Crippen molar-refractivity contribution >= 4 is 5.71 Å². The maximum Gasteiger partial charge on any atom is 0.107 e. The minimum absolute atomic E-state index is 0.266. The molecule has 0 amide bonds. The molecule has 0 spiro atoms. The molecule has 2 rings (SSSR count). The molecule has 1 heterocycles. The Morgan fingerprint density at radius 2 is 2.14 bits per heavy atom. The number of benzene rings is 1. The minimum Gasteiger partial charge on any atom is -0.390 e. The van der Waals surface area contributed by atoms with E-state index in [1.807, 2.05) is 0 Å². The Hall–Kier alpha value is -1.34. The van der Waals surface area contributed by atoms with Gasteiger partial charge < -0.3 is 25.7 Å². The molecule has 4 N–H and O–H groups in total. The number of nitrogens with one attached hydrogen (secondary N) is 1. The number of aliphatic hydroxyl groups excluding tert-OH is 1. The Morgan fingerprint density at radius 1 is 1.48 bits per heavy atom. The second-order valence-corrected chi connectivity index (χ2v) is 5.22. The summed E-state index contributed by atoms with van der Waals surface area (Å²) >= 11 is 0. The Labute approximate surface area is 123 Å². The van der Waals surface area contributed by atoms with Crippen molar-refractivity contribution in [3.8, 4) is 0 Å². The summed E-state index contributed by atoms with van der Waals surface area (Å²) in [7, 11) is 1.49. The molecule has 1 aliphatic rings. The Morgan fingerprint density at radius 3 is 2.62 bits per heavy atom. The number of hydrogen-bond donors (Lipinski definition) is 3. The molecule has 1 aromatic rings. The first-order valence-corrected chi connectivity index (χ1v) is 6.87. The van der Waals surface area contributed by atoms with Gasteiger partial charge in [0.05, 0.1) is 37.4 Å². The summed E-state index contributed by atoms with van der Waals surface area (Å²) in [6.07, 6.45) is -1.15. The lowest BCUT2D eigenvalue weighted by Gasteiger charge is -2.21. The van der Waals surface area contributed by atoms with E-state index >= 15 is 0 Å². The molecule has 0 saturated carbocycles. The van der Waals surface area contributed by atoms with E-state index in [1.54, 1.807) is 24.3 Å². The summed E-state index contributed by atoms with van der Waals surface area (Å²) in [5.74, 6) is -0.304. The molecule has 21 heavy (non-hydrogen) atoms.